The number of nitrogens with zero attached hydrogens (tertiary/aromatic N) is 3. The zero-order valence-corrected chi connectivity index (χ0v) is 19.8. The highest BCUT2D eigenvalue weighted by atomic mass is 16.2. The van der Waals surface area contributed by atoms with Gasteiger partial charge in [0, 0.05) is 36.8 Å². The molecule has 9 nitrogen and oxygen atoms in total. The predicted molar refractivity (Wildman–Crippen MR) is 141 cm³/mol. The fourth-order valence-electron chi connectivity index (χ4n) is 4.96. The van der Waals surface area contributed by atoms with Crippen molar-refractivity contribution in [2.24, 2.45) is 28.1 Å². The Morgan fingerprint density at radius 3 is 2.78 bits per heavy atom. The largest absolute Gasteiger partial charge is 0.397 e. The first-order valence-corrected chi connectivity index (χ1v) is 12.0. The summed E-state index contributed by atoms with van der Waals surface area (Å²) in [6.07, 6.45) is 13.0. The molecule has 2 amide bonds. The van der Waals surface area contributed by atoms with Crippen LogP contribution in [-0.2, 0) is 4.79 Å². The maximum Gasteiger partial charge on any atom is 0.276 e. The van der Waals surface area contributed by atoms with Gasteiger partial charge in [-0.05, 0) is 42.2 Å². The van der Waals surface area contributed by atoms with Gasteiger partial charge in [-0.25, -0.2) is 0 Å². The van der Waals surface area contributed by atoms with Gasteiger partial charge in [-0.3, -0.25) is 19.6 Å². The summed E-state index contributed by atoms with van der Waals surface area (Å²) in [5.74, 6) is -0.991. The molecule has 3 heterocycles. The van der Waals surface area contributed by atoms with Crippen molar-refractivity contribution in [2.45, 2.75) is 24.9 Å². The number of fused-ring (bicyclic) bond motifs is 1. The maximum absolute atomic E-state index is 13.3. The fourth-order valence-corrected chi connectivity index (χ4v) is 4.96. The second-order valence-electron chi connectivity index (χ2n) is 9.25. The van der Waals surface area contributed by atoms with Crippen molar-refractivity contribution in [3.8, 4) is 0 Å². The van der Waals surface area contributed by atoms with Crippen LogP contribution in [0, 0.1) is 5.92 Å². The van der Waals surface area contributed by atoms with Gasteiger partial charge in [0.05, 0.1) is 29.3 Å². The monoisotopic (exact) mass is 483 g/mol. The molecule has 2 aliphatic heterocycles. The molecule has 1 fully saturated rings. The van der Waals surface area contributed by atoms with Gasteiger partial charge in [0.15, 0.2) is 0 Å². The van der Waals surface area contributed by atoms with Crippen molar-refractivity contribution < 1.29 is 9.59 Å². The molecule has 1 saturated heterocycles. The zero-order chi connectivity index (χ0) is 25.2. The maximum atomic E-state index is 13.3. The van der Waals surface area contributed by atoms with E-state index in [-0.39, 0.29) is 23.7 Å². The van der Waals surface area contributed by atoms with Gasteiger partial charge in [-0.1, -0.05) is 36.4 Å². The molecule has 9 heteroatoms. The van der Waals surface area contributed by atoms with Crippen LogP contribution < -0.4 is 27.4 Å². The second kappa shape index (κ2) is 9.79. The van der Waals surface area contributed by atoms with Crippen LogP contribution in [0.3, 0.4) is 0 Å². The van der Waals surface area contributed by atoms with E-state index < -0.39 is 11.8 Å². The highest BCUT2D eigenvalue weighted by Gasteiger charge is 2.29. The molecule has 0 bridgehead atoms. The molecule has 0 radical (unpaired) electrons. The lowest BCUT2D eigenvalue weighted by Crippen LogP contribution is -2.43. The Morgan fingerprint density at radius 2 is 1.97 bits per heavy atom. The third kappa shape index (κ3) is 4.65. The van der Waals surface area contributed by atoms with Crippen LogP contribution in [0.25, 0.3) is 5.57 Å². The number of allylic oxidation sites excluding steroid dienone is 2. The van der Waals surface area contributed by atoms with Crippen molar-refractivity contribution in [1.82, 2.24) is 4.98 Å². The molecule has 3 aliphatic rings. The molecule has 3 atom stereocenters. The van der Waals surface area contributed by atoms with Crippen LogP contribution in [0.1, 0.15) is 28.8 Å². The summed E-state index contributed by atoms with van der Waals surface area (Å²) in [4.78, 5) is 36.3. The van der Waals surface area contributed by atoms with Crippen LogP contribution in [0.5, 0.6) is 0 Å². The molecule has 0 spiro atoms. The van der Waals surface area contributed by atoms with Gasteiger partial charge in [0.2, 0.25) is 5.91 Å². The molecule has 2 aromatic rings. The number of aromatic nitrogens is 1. The Morgan fingerprint density at radius 1 is 1.14 bits per heavy atom. The number of amides is 2. The Bertz CT molecular complexity index is 1330. The third-order valence-electron chi connectivity index (χ3n) is 6.73. The summed E-state index contributed by atoms with van der Waals surface area (Å²) in [7, 11) is 0. The smallest absolute Gasteiger partial charge is 0.276 e. The first kappa shape index (κ1) is 23.5. The number of rotatable bonds is 5. The van der Waals surface area contributed by atoms with Crippen LogP contribution in [-0.4, -0.2) is 47.7 Å². The number of carbonyl (C=O) groups is 2. The lowest BCUT2D eigenvalue weighted by Gasteiger charge is -2.33. The van der Waals surface area contributed by atoms with Crippen molar-refractivity contribution in [2.75, 3.05) is 23.3 Å². The standard InChI is InChI=1S/C27H29N7O2/c28-18-4-3-11-34(15-18)24-9-10-31-14-23(24)33-27(36)25-21(29)12-17-8-7-16(13-22(17)32-25)19-5-1-2-6-20(19)26(30)35/h1-2,5-10,12-14,17-18,22H,3-4,11,15,28-29H2,(H2,30,35)(H,33,36)/t17?,18-,22?/m0/s1. The Balaban J connectivity index is 1.41. The van der Waals surface area contributed by atoms with Gasteiger partial charge < -0.3 is 27.4 Å². The summed E-state index contributed by atoms with van der Waals surface area (Å²) < 4.78 is 0. The molecule has 5 rings (SSSR count). The van der Waals surface area contributed by atoms with E-state index in [1.807, 2.05) is 42.5 Å². The number of piperidine rings is 1. The van der Waals surface area contributed by atoms with Crippen LogP contribution in [0.4, 0.5) is 11.4 Å². The van der Waals surface area contributed by atoms with Gasteiger partial charge >= 0.3 is 0 Å². The zero-order valence-electron chi connectivity index (χ0n) is 19.8. The molecule has 2 unspecified atom stereocenters. The predicted octanol–water partition coefficient (Wildman–Crippen LogP) is 1.98. The highest BCUT2D eigenvalue weighted by molar-refractivity contribution is 6.49. The number of aliphatic imine (C=N–C) groups is 1. The van der Waals surface area contributed by atoms with E-state index in [2.05, 4.69) is 15.2 Å². The number of dihydropyridines is 1. The average molecular weight is 484 g/mol. The minimum atomic E-state index is -0.500. The molecule has 0 saturated carbocycles. The molecule has 184 valence electrons. The van der Waals surface area contributed by atoms with Gasteiger partial charge in [0.25, 0.3) is 5.91 Å². The number of primary amides is 1. The van der Waals surface area contributed by atoms with Gasteiger partial charge in [0.1, 0.15) is 5.71 Å². The topological polar surface area (TPSA) is 153 Å². The molecular formula is C27H29N7O2. The summed E-state index contributed by atoms with van der Waals surface area (Å²) in [5.41, 5.74) is 21.9. The SMILES string of the molecule is NC(=O)c1ccccc1C1=CC2N=C(C(=O)Nc3cnccc3N3CCC[C@H](N)C3)C(N)=CC2C=C1. The number of anilines is 2. The molecule has 1 aromatic heterocycles. The number of nitrogens with one attached hydrogen (secondary N) is 1. The minimum absolute atomic E-state index is 0.0881. The Hall–Kier alpha value is -4.24. The summed E-state index contributed by atoms with van der Waals surface area (Å²) in [5, 5.41) is 2.95. The normalized spacial score (nSPS) is 23.2. The molecule has 7 N–H and O–H groups in total. The van der Waals surface area contributed by atoms with Crippen molar-refractivity contribution in [3.63, 3.8) is 0 Å². The van der Waals surface area contributed by atoms with E-state index in [9.17, 15) is 9.59 Å². The van der Waals surface area contributed by atoms with E-state index in [4.69, 9.17) is 22.2 Å². The lowest BCUT2D eigenvalue weighted by molar-refractivity contribution is -0.110. The second-order valence-corrected chi connectivity index (χ2v) is 9.25. The van der Waals surface area contributed by atoms with E-state index in [0.29, 0.717) is 23.5 Å². The molecule has 1 aliphatic carbocycles. The van der Waals surface area contributed by atoms with Crippen LogP contribution >= 0.6 is 0 Å². The number of hydrogen-bond donors (Lipinski definition) is 4. The molecule has 1 aromatic carbocycles. The highest BCUT2D eigenvalue weighted by Crippen LogP contribution is 2.32. The Labute approximate surface area is 209 Å². The van der Waals surface area contributed by atoms with Crippen LogP contribution in [0.2, 0.25) is 0 Å². The van der Waals surface area contributed by atoms with E-state index >= 15 is 0 Å². The van der Waals surface area contributed by atoms with Crippen molar-refractivity contribution in [3.05, 3.63) is 83.9 Å². The van der Waals surface area contributed by atoms with Crippen LogP contribution in [0.15, 0.2) is 77.7 Å². The number of carbonyl (C=O) groups excluding carboxylic acids is 2. The summed E-state index contributed by atoms with van der Waals surface area (Å²) in [6.45, 7) is 1.58. The number of nitrogens with two attached hydrogens (primary N) is 3. The van der Waals surface area contributed by atoms with Gasteiger partial charge in [-0.15, -0.1) is 0 Å². The fraction of sp³-hybridized carbons (Fsp3) is 0.259. The summed E-state index contributed by atoms with van der Waals surface area (Å²) in [6, 6.07) is 8.79. The first-order valence-electron chi connectivity index (χ1n) is 12.0. The number of hydrogen-bond acceptors (Lipinski definition) is 7. The third-order valence-corrected chi connectivity index (χ3v) is 6.73. The Kier molecular flexibility index (Phi) is 6.39. The minimum Gasteiger partial charge on any atom is -0.397 e. The van der Waals surface area contributed by atoms with Gasteiger partial charge in [-0.2, -0.15) is 0 Å². The van der Waals surface area contributed by atoms with E-state index in [0.717, 1.165) is 36.2 Å². The lowest BCUT2D eigenvalue weighted by atomic mass is 9.85. The number of pyridine rings is 1. The molecular weight excluding hydrogens is 454 g/mol. The molecule has 36 heavy (non-hydrogen) atoms. The quantitative estimate of drug-likeness (QED) is 0.510. The average Bonchev–Trinajstić information content (AvgIpc) is 2.88. The van der Waals surface area contributed by atoms with E-state index in [1.165, 1.54) is 0 Å². The van der Waals surface area contributed by atoms with E-state index in [1.54, 1.807) is 24.5 Å². The van der Waals surface area contributed by atoms with Crippen molar-refractivity contribution >= 4 is 34.5 Å². The van der Waals surface area contributed by atoms with Crippen molar-refractivity contribution in [1.29, 1.82) is 0 Å². The summed E-state index contributed by atoms with van der Waals surface area (Å²) >= 11 is 0. The number of benzene rings is 1. The first-order chi connectivity index (χ1) is 17.4.